The lowest BCUT2D eigenvalue weighted by molar-refractivity contribution is 0.0916. The van der Waals surface area contributed by atoms with Gasteiger partial charge in [-0.2, -0.15) is 0 Å². The van der Waals surface area contributed by atoms with Gasteiger partial charge in [-0.25, -0.2) is 13.1 Å². The molecule has 0 bridgehead atoms. The molecule has 23 heavy (non-hydrogen) atoms. The Morgan fingerprint density at radius 3 is 2.39 bits per heavy atom. The molecule has 1 aromatic carbocycles. The van der Waals surface area contributed by atoms with Crippen molar-refractivity contribution in [3.63, 3.8) is 0 Å². The average molecular weight is 339 g/mol. The number of carbonyl (C=O) groups is 1. The van der Waals surface area contributed by atoms with E-state index in [1.165, 1.54) is 13.1 Å². The van der Waals surface area contributed by atoms with Crippen LogP contribution in [0.3, 0.4) is 0 Å². The lowest BCUT2D eigenvalue weighted by atomic mass is 10.0. The van der Waals surface area contributed by atoms with Gasteiger partial charge in [0.2, 0.25) is 10.0 Å². The van der Waals surface area contributed by atoms with E-state index in [2.05, 4.69) is 22.0 Å². The van der Waals surface area contributed by atoms with Gasteiger partial charge in [0.05, 0.1) is 4.90 Å². The van der Waals surface area contributed by atoms with Crippen molar-refractivity contribution < 1.29 is 13.2 Å². The number of rotatable bonds is 4. The van der Waals surface area contributed by atoms with E-state index >= 15 is 0 Å². The van der Waals surface area contributed by atoms with Crippen molar-refractivity contribution in [2.24, 2.45) is 0 Å². The van der Waals surface area contributed by atoms with E-state index in [1.54, 1.807) is 13.0 Å². The topological polar surface area (TPSA) is 78.5 Å². The molecule has 0 saturated carbocycles. The van der Waals surface area contributed by atoms with Gasteiger partial charge in [0.25, 0.3) is 5.91 Å². The van der Waals surface area contributed by atoms with Gasteiger partial charge >= 0.3 is 0 Å². The van der Waals surface area contributed by atoms with Crippen molar-refractivity contribution in [2.45, 2.75) is 37.6 Å². The minimum absolute atomic E-state index is 0.143. The minimum Gasteiger partial charge on any atom is -0.349 e. The maximum Gasteiger partial charge on any atom is 0.251 e. The molecule has 6 nitrogen and oxygen atoms in total. The van der Waals surface area contributed by atoms with E-state index in [-0.39, 0.29) is 16.8 Å². The fourth-order valence-electron chi connectivity index (χ4n) is 2.77. The van der Waals surface area contributed by atoms with Crippen LogP contribution in [0.1, 0.15) is 34.3 Å². The summed E-state index contributed by atoms with van der Waals surface area (Å²) in [6.07, 6.45) is 1.82. The standard InChI is InChI=1S/C16H25N3O3S/c1-11-9-13(10-15(12(11)2)23(21,22)17-3)16(20)18-14-5-7-19(4)8-6-14/h9-10,14,17H,5-8H2,1-4H3,(H,18,20). The second-order valence-electron chi connectivity index (χ2n) is 6.17. The van der Waals surface area contributed by atoms with Crippen LogP contribution < -0.4 is 10.0 Å². The molecule has 1 amide bonds. The number of aryl methyl sites for hydroxylation is 1. The predicted molar refractivity (Wildman–Crippen MR) is 90.1 cm³/mol. The molecular weight excluding hydrogens is 314 g/mol. The fraction of sp³-hybridized carbons (Fsp3) is 0.562. The summed E-state index contributed by atoms with van der Waals surface area (Å²) >= 11 is 0. The van der Waals surface area contributed by atoms with Crippen LogP contribution in [0.5, 0.6) is 0 Å². The van der Waals surface area contributed by atoms with Crippen LogP contribution in [0.2, 0.25) is 0 Å². The molecule has 0 spiro atoms. The summed E-state index contributed by atoms with van der Waals surface area (Å²) in [5.74, 6) is -0.213. The van der Waals surface area contributed by atoms with Gasteiger partial charge in [0.1, 0.15) is 0 Å². The fourth-order valence-corrected chi connectivity index (χ4v) is 3.83. The second kappa shape index (κ2) is 6.98. The van der Waals surface area contributed by atoms with Crippen LogP contribution in [0.4, 0.5) is 0 Å². The molecule has 1 aliphatic rings. The van der Waals surface area contributed by atoms with E-state index in [0.29, 0.717) is 11.1 Å². The number of sulfonamides is 1. The largest absolute Gasteiger partial charge is 0.349 e. The zero-order valence-electron chi connectivity index (χ0n) is 14.1. The summed E-state index contributed by atoms with van der Waals surface area (Å²) in [7, 11) is -0.148. The van der Waals surface area contributed by atoms with Gasteiger partial charge < -0.3 is 10.2 Å². The minimum atomic E-state index is -3.58. The smallest absolute Gasteiger partial charge is 0.251 e. The molecule has 1 saturated heterocycles. The van der Waals surface area contributed by atoms with E-state index in [1.807, 2.05) is 6.92 Å². The molecule has 1 fully saturated rings. The Hall–Kier alpha value is -1.44. The quantitative estimate of drug-likeness (QED) is 0.859. The second-order valence-corrected chi connectivity index (χ2v) is 8.03. The summed E-state index contributed by atoms with van der Waals surface area (Å²) in [4.78, 5) is 14.9. The Balaban J connectivity index is 2.24. The van der Waals surface area contributed by atoms with Gasteiger partial charge in [0.15, 0.2) is 0 Å². The molecule has 7 heteroatoms. The van der Waals surface area contributed by atoms with Crippen LogP contribution in [0, 0.1) is 13.8 Å². The van der Waals surface area contributed by atoms with Crippen molar-refractivity contribution in [3.05, 3.63) is 28.8 Å². The molecule has 2 rings (SSSR count). The number of likely N-dealkylation sites (tertiary alicyclic amines) is 1. The first-order chi connectivity index (χ1) is 10.7. The Kier molecular flexibility index (Phi) is 5.44. The molecule has 0 aliphatic carbocycles. The van der Waals surface area contributed by atoms with Crippen molar-refractivity contribution in [1.29, 1.82) is 0 Å². The molecule has 0 atom stereocenters. The molecule has 2 N–H and O–H groups in total. The molecule has 0 unspecified atom stereocenters. The number of benzene rings is 1. The van der Waals surface area contributed by atoms with Gasteiger partial charge in [-0.05, 0) is 77.1 Å². The molecule has 1 aromatic rings. The first-order valence-electron chi connectivity index (χ1n) is 7.79. The monoisotopic (exact) mass is 339 g/mol. The van der Waals surface area contributed by atoms with Crippen molar-refractivity contribution in [2.75, 3.05) is 27.2 Å². The zero-order valence-corrected chi connectivity index (χ0v) is 15.0. The number of nitrogens with one attached hydrogen (secondary N) is 2. The Morgan fingerprint density at radius 2 is 1.83 bits per heavy atom. The lowest BCUT2D eigenvalue weighted by Gasteiger charge is -2.29. The van der Waals surface area contributed by atoms with Crippen LogP contribution in [0.25, 0.3) is 0 Å². The highest BCUT2D eigenvalue weighted by Crippen LogP contribution is 2.21. The zero-order chi connectivity index (χ0) is 17.2. The lowest BCUT2D eigenvalue weighted by Crippen LogP contribution is -2.43. The average Bonchev–Trinajstić information content (AvgIpc) is 2.51. The summed E-state index contributed by atoms with van der Waals surface area (Å²) in [6.45, 7) is 5.48. The van der Waals surface area contributed by atoms with Crippen LogP contribution in [0.15, 0.2) is 17.0 Å². The molecule has 0 aromatic heterocycles. The molecule has 0 radical (unpaired) electrons. The number of hydrogen-bond donors (Lipinski definition) is 2. The Morgan fingerprint density at radius 1 is 1.22 bits per heavy atom. The van der Waals surface area contributed by atoms with E-state index in [4.69, 9.17) is 0 Å². The van der Waals surface area contributed by atoms with Crippen LogP contribution >= 0.6 is 0 Å². The highest BCUT2D eigenvalue weighted by Gasteiger charge is 2.22. The summed E-state index contributed by atoms with van der Waals surface area (Å²) in [5, 5.41) is 3.02. The van der Waals surface area contributed by atoms with Crippen LogP contribution in [-0.2, 0) is 10.0 Å². The summed E-state index contributed by atoms with van der Waals surface area (Å²) in [6, 6.07) is 3.34. The third kappa shape index (κ3) is 4.10. The van der Waals surface area contributed by atoms with Crippen molar-refractivity contribution >= 4 is 15.9 Å². The first kappa shape index (κ1) is 17.9. The first-order valence-corrected chi connectivity index (χ1v) is 9.27. The Bertz CT molecular complexity index is 693. The SMILES string of the molecule is CNS(=O)(=O)c1cc(C(=O)NC2CCN(C)CC2)cc(C)c1C. The molecule has 1 aliphatic heterocycles. The maximum atomic E-state index is 12.5. The highest BCUT2D eigenvalue weighted by molar-refractivity contribution is 7.89. The molecular formula is C16H25N3O3S. The van der Waals surface area contributed by atoms with Gasteiger partial charge in [-0.15, -0.1) is 0 Å². The van der Waals surface area contributed by atoms with Gasteiger partial charge in [0, 0.05) is 11.6 Å². The summed E-state index contributed by atoms with van der Waals surface area (Å²) in [5.41, 5.74) is 1.84. The maximum absolute atomic E-state index is 12.5. The normalized spacial score (nSPS) is 17.2. The molecule has 128 valence electrons. The number of piperidine rings is 1. The molecule has 1 heterocycles. The van der Waals surface area contributed by atoms with Gasteiger partial charge in [-0.1, -0.05) is 0 Å². The number of nitrogens with zero attached hydrogens (tertiary/aromatic N) is 1. The van der Waals surface area contributed by atoms with Crippen molar-refractivity contribution in [3.8, 4) is 0 Å². The van der Waals surface area contributed by atoms with Gasteiger partial charge in [-0.3, -0.25) is 4.79 Å². The number of carbonyl (C=O) groups excluding carboxylic acids is 1. The number of hydrogen-bond acceptors (Lipinski definition) is 4. The third-order valence-corrected chi connectivity index (χ3v) is 6.03. The van der Waals surface area contributed by atoms with E-state index < -0.39 is 10.0 Å². The predicted octanol–water partition coefficient (Wildman–Crippen LogP) is 1.04. The Labute approximate surface area is 138 Å². The van der Waals surface area contributed by atoms with E-state index in [0.717, 1.165) is 31.5 Å². The highest BCUT2D eigenvalue weighted by atomic mass is 32.2. The third-order valence-electron chi connectivity index (χ3n) is 4.49. The summed E-state index contributed by atoms with van der Waals surface area (Å²) < 4.78 is 26.6. The van der Waals surface area contributed by atoms with Crippen molar-refractivity contribution in [1.82, 2.24) is 14.9 Å². The van der Waals surface area contributed by atoms with E-state index in [9.17, 15) is 13.2 Å². The number of amides is 1. The van der Waals surface area contributed by atoms with Crippen LogP contribution in [-0.4, -0.2) is 52.5 Å².